The number of amides is 2. The molecule has 0 radical (unpaired) electrons. The molecule has 0 saturated heterocycles. The van der Waals surface area contributed by atoms with Crippen LogP contribution >= 0.6 is 0 Å². The fourth-order valence-corrected chi connectivity index (χ4v) is 2.05. The number of halogens is 1. The largest absolute Gasteiger partial charge is 0.338 e. The Morgan fingerprint density at radius 1 is 1.25 bits per heavy atom. The minimum atomic E-state index is -0.232. The molecule has 1 rings (SSSR count). The summed E-state index contributed by atoms with van der Waals surface area (Å²) in [6.07, 6.45) is 3.71. The van der Waals surface area contributed by atoms with Gasteiger partial charge in [0.1, 0.15) is 5.82 Å². The number of benzene rings is 1. The van der Waals surface area contributed by atoms with E-state index < -0.39 is 0 Å². The molecule has 2 amide bonds. The maximum absolute atomic E-state index is 13.0. The Labute approximate surface area is 121 Å². The Morgan fingerprint density at radius 2 is 2.05 bits per heavy atom. The molecule has 3 nitrogen and oxygen atoms in total. The van der Waals surface area contributed by atoms with Crippen LogP contribution in [0.2, 0.25) is 0 Å². The maximum Gasteiger partial charge on any atom is 0.317 e. The molecule has 0 saturated carbocycles. The number of nitrogens with one attached hydrogen (secondary N) is 1. The summed E-state index contributed by atoms with van der Waals surface area (Å²) in [7, 11) is 0. The molecule has 0 aliphatic heterocycles. The number of nitrogens with zero attached hydrogens (tertiary/aromatic N) is 1. The first-order valence-corrected chi connectivity index (χ1v) is 7.44. The molecule has 1 aromatic carbocycles. The lowest BCUT2D eigenvalue weighted by molar-refractivity contribution is 0.197. The molecule has 0 aromatic heterocycles. The molecule has 0 aliphatic carbocycles. The Morgan fingerprint density at radius 3 is 2.70 bits per heavy atom. The summed E-state index contributed by atoms with van der Waals surface area (Å²) < 4.78 is 13.0. The minimum absolute atomic E-state index is 0.0169. The summed E-state index contributed by atoms with van der Waals surface area (Å²) in [5.41, 5.74) is 0.904. The van der Waals surface area contributed by atoms with Crippen molar-refractivity contribution in [3.63, 3.8) is 0 Å². The van der Waals surface area contributed by atoms with E-state index in [2.05, 4.69) is 19.2 Å². The van der Waals surface area contributed by atoms with E-state index in [-0.39, 0.29) is 11.8 Å². The van der Waals surface area contributed by atoms with Gasteiger partial charge in [-0.2, -0.15) is 0 Å². The second-order valence-electron chi connectivity index (χ2n) is 4.95. The molecule has 0 unspecified atom stereocenters. The standard InChI is InChI=1S/C16H25FN2O/c1-3-5-12-19(11-4-2)16(20)18-10-9-14-7-6-8-15(17)13-14/h6-8,13H,3-5,9-12H2,1-2H3,(H,18,20). The zero-order valence-electron chi connectivity index (χ0n) is 12.5. The Bertz CT molecular complexity index is 409. The normalized spacial score (nSPS) is 10.3. The van der Waals surface area contributed by atoms with Crippen LogP contribution in [0.3, 0.4) is 0 Å². The van der Waals surface area contributed by atoms with E-state index in [1.54, 1.807) is 6.07 Å². The molecule has 0 fully saturated rings. The van der Waals surface area contributed by atoms with Gasteiger partial charge in [0, 0.05) is 19.6 Å². The molecule has 20 heavy (non-hydrogen) atoms. The number of carbonyl (C=O) groups is 1. The molecule has 0 heterocycles. The number of carbonyl (C=O) groups excluding carboxylic acids is 1. The molecular formula is C16H25FN2O. The van der Waals surface area contributed by atoms with Crippen molar-refractivity contribution in [2.24, 2.45) is 0 Å². The molecular weight excluding hydrogens is 255 g/mol. The maximum atomic E-state index is 13.0. The zero-order valence-corrected chi connectivity index (χ0v) is 12.5. The van der Waals surface area contributed by atoms with E-state index in [1.165, 1.54) is 12.1 Å². The average molecular weight is 280 g/mol. The molecule has 0 aliphatic rings. The van der Waals surface area contributed by atoms with Crippen molar-refractivity contribution in [3.05, 3.63) is 35.6 Å². The fraction of sp³-hybridized carbons (Fsp3) is 0.562. The Balaban J connectivity index is 2.36. The summed E-state index contributed by atoms with van der Waals surface area (Å²) in [5.74, 6) is -0.232. The number of rotatable bonds is 8. The third-order valence-electron chi connectivity index (χ3n) is 3.14. The molecule has 0 spiro atoms. The van der Waals surface area contributed by atoms with Gasteiger partial charge < -0.3 is 10.2 Å². The highest BCUT2D eigenvalue weighted by atomic mass is 19.1. The van der Waals surface area contributed by atoms with Crippen molar-refractivity contribution in [2.75, 3.05) is 19.6 Å². The van der Waals surface area contributed by atoms with Crippen LogP contribution in [0.1, 0.15) is 38.7 Å². The number of hydrogen-bond acceptors (Lipinski definition) is 1. The number of urea groups is 1. The number of unbranched alkanes of at least 4 members (excludes halogenated alkanes) is 1. The van der Waals surface area contributed by atoms with Crippen molar-refractivity contribution >= 4 is 6.03 Å². The van der Waals surface area contributed by atoms with Crippen molar-refractivity contribution < 1.29 is 9.18 Å². The molecule has 112 valence electrons. The molecule has 0 bridgehead atoms. The summed E-state index contributed by atoms with van der Waals surface area (Å²) >= 11 is 0. The van der Waals surface area contributed by atoms with Crippen LogP contribution in [-0.2, 0) is 6.42 Å². The second kappa shape index (κ2) is 9.34. The van der Waals surface area contributed by atoms with E-state index in [0.717, 1.165) is 37.9 Å². The molecule has 4 heteroatoms. The van der Waals surface area contributed by atoms with Gasteiger partial charge in [0.25, 0.3) is 0 Å². The third-order valence-corrected chi connectivity index (χ3v) is 3.14. The van der Waals surface area contributed by atoms with E-state index in [1.807, 2.05) is 11.0 Å². The van der Waals surface area contributed by atoms with E-state index >= 15 is 0 Å². The lowest BCUT2D eigenvalue weighted by atomic mass is 10.1. The highest BCUT2D eigenvalue weighted by Crippen LogP contribution is 2.04. The molecule has 1 N–H and O–H groups in total. The Hall–Kier alpha value is -1.58. The lowest BCUT2D eigenvalue weighted by Crippen LogP contribution is -2.41. The van der Waals surface area contributed by atoms with E-state index in [9.17, 15) is 9.18 Å². The van der Waals surface area contributed by atoms with Gasteiger partial charge in [-0.25, -0.2) is 9.18 Å². The summed E-state index contributed by atoms with van der Waals surface area (Å²) in [4.78, 5) is 13.9. The van der Waals surface area contributed by atoms with Crippen LogP contribution in [0.4, 0.5) is 9.18 Å². The van der Waals surface area contributed by atoms with Gasteiger partial charge in [-0.3, -0.25) is 0 Å². The Kier molecular flexibility index (Phi) is 7.70. The van der Waals surface area contributed by atoms with Gasteiger partial charge >= 0.3 is 6.03 Å². The SMILES string of the molecule is CCCCN(CCC)C(=O)NCCc1cccc(F)c1. The smallest absolute Gasteiger partial charge is 0.317 e. The summed E-state index contributed by atoms with van der Waals surface area (Å²) in [6.45, 7) is 6.31. The number of hydrogen-bond donors (Lipinski definition) is 1. The van der Waals surface area contributed by atoms with Gasteiger partial charge in [-0.05, 0) is 37.0 Å². The van der Waals surface area contributed by atoms with Crippen LogP contribution in [0.25, 0.3) is 0 Å². The van der Waals surface area contributed by atoms with Crippen LogP contribution < -0.4 is 5.32 Å². The van der Waals surface area contributed by atoms with Crippen LogP contribution in [0.15, 0.2) is 24.3 Å². The van der Waals surface area contributed by atoms with Crippen molar-refractivity contribution in [2.45, 2.75) is 39.5 Å². The summed E-state index contributed by atoms with van der Waals surface area (Å²) in [5, 5.41) is 2.91. The van der Waals surface area contributed by atoms with Crippen LogP contribution in [-0.4, -0.2) is 30.6 Å². The predicted octanol–water partition coefficient (Wildman–Crippen LogP) is 3.59. The van der Waals surface area contributed by atoms with Gasteiger partial charge in [-0.1, -0.05) is 32.4 Å². The monoisotopic (exact) mass is 280 g/mol. The van der Waals surface area contributed by atoms with E-state index in [4.69, 9.17) is 0 Å². The quantitative estimate of drug-likeness (QED) is 0.775. The van der Waals surface area contributed by atoms with Crippen molar-refractivity contribution in [1.29, 1.82) is 0 Å². The van der Waals surface area contributed by atoms with Crippen LogP contribution in [0, 0.1) is 5.82 Å². The topological polar surface area (TPSA) is 32.3 Å². The first-order chi connectivity index (χ1) is 9.67. The van der Waals surface area contributed by atoms with Gasteiger partial charge in [0.05, 0.1) is 0 Å². The van der Waals surface area contributed by atoms with Gasteiger partial charge in [-0.15, -0.1) is 0 Å². The average Bonchev–Trinajstić information content (AvgIpc) is 2.43. The molecule has 1 aromatic rings. The van der Waals surface area contributed by atoms with Gasteiger partial charge in [0.2, 0.25) is 0 Å². The fourth-order valence-electron chi connectivity index (χ4n) is 2.05. The first kappa shape index (κ1) is 16.5. The zero-order chi connectivity index (χ0) is 14.8. The summed E-state index contributed by atoms with van der Waals surface area (Å²) in [6, 6.07) is 6.48. The van der Waals surface area contributed by atoms with Crippen LogP contribution in [0.5, 0.6) is 0 Å². The highest BCUT2D eigenvalue weighted by Gasteiger charge is 2.10. The predicted molar refractivity (Wildman–Crippen MR) is 80.3 cm³/mol. The minimum Gasteiger partial charge on any atom is -0.338 e. The lowest BCUT2D eigenvalue weighted by Gasteiger charge is -2.22. The van der Waals surface area contributed by atoms with Crippen molar-refractivity contribution in [1.82, 2.24) is 10.2 Å². The highest BCUT2D eigenvalue weighted by molar-refractivity contribution is 5.74. The van der Waals surface area contributed by atoms with E-state index in [0.29, 0.717) is 13.0 Å². The third kappa shape index (κ3) is 6.04. The van der Waals surface area contributed by atoms with Crippen molar-refractivity contribution in [3.8, 4) is 0 Å². The second-order valence-corrected chi connectivity index (χ2v) is 4.95. The first-order valence-electron chi connectivity index (χ1n) is 7.44. The van der Waals surface area contributed by atoms with Gasteiger partial charge in [0.15, 0.2) is 0 Å². The molecule has 0 atom stereocenters.